The molecule has 1 aromatic heterocycles. The molecule has 0 spiro atoms. The Morgan fingerprint density at radius 3 is 2.74 bits per heavy atom. The molecule has 0 saturated heterocycles. The molecule has 1 amide bonds. The molecule has 1 heterocycles. The van der Waals surface area contributed by atoms with Crippen molar-refractivity contribution in [3.8, 4) is 0 Å². The number of benzene rings is 2. The van der Waals surface area contributed by atoms with Crippen molar-refractivity contribution < 1.29 is 18.7 Å². The van der Waals surface area contributed by atoms with Gasteiger partial charge in [0.05, 0.1) is 27.7 Å². The zero-order chi connectivity index (χ0) is 16.7. The molecule has 0 bridgehead atoms. The van der Waals surface area contributed by atoms with Gasteiger partial charge in [-0.15, -0.1) is 0 Å². The number of fused-ring (bicyclic) bond motifs is 3. The maximum absolute atomic E-state index is 14.5. The molecule has 118 valence electrons. The van der Waals surface area contributed by atoms with Crippen LogP contribution >= 0.6 is 15.9 Å². The number of hydrogen-bond donors (Lipinski definition) is 2. The van der Waals surface area contributed by atoms with Crippen LogP contribution in [0.15, 0.2) is 28.7 Å². The highest BCUT2D eigenvalue weighted by Gasteiger charge is 2.19. The van der Waals surface area contributed by atoms with Gasteiger partial charge in [-0.3, -0.25) is 4.79 Å². The van der Waals surface area contributed by atoms with Gasteiger partial charge in [-0.25, -0.2) is 9.18 Å². The Kier molecular flexibility index (Phi) is 3.81. The first-order chi connectivity index (χ1) is 10.9. The molecule has 0 aliphatic rings. The molecule has 3 N–H and O–H groups in total. The van der Waals surface area contributed by atoms with E-state index in [9.17, 15) is 14.0 Å². The molecule has 0 aliphatic carbocycles. The highest BCUT2D eigenvalue weighted by Crippen LogP contribution is 2.34. The SMILES string of the molecule is CCOC(=O)c1ccc2c(c1)[nH]c1c(C(N)=O)cc(Br)c(F)c12. The number of esters is 1. The number of carbonyl (C=O) groups excluding carboxylic acids is 2. The van der Waals surface area contributed by atoms with Gasteiger partial charge in [0.25, 0.3) is 5.91 Å². The average molecular weight is 379 g/mol. The first-order valence-electron chi connectivity index (χ1n) is 6.84. The van der Waals surface area contributed by atoms with Crippen molar-refractivity contribution in [3.05, 3.63) is 45.7 Å². The maximum Gasteiger partial charge on any atom is 0.338 e. The van der Waals surface area contributed by atoms with Crippen molar-refractivity contribution in [2.45, 2.75) is 6.92 Å². The predicted molar refractivity (Wildman–Crippen MR) is 87.9 cm³/mol. The summed E-state index contributed by atoms with van der Waals surface area (Å²) < 4.78 is 19.6. The van der Waals surface area contributed by atoms with Crippen LogP contribution in [-0.4, -0.2) is 23.5 Å². The molecule has 0 radical (unpaired) electrons. The van der Waals surface area contributed by atoms with Crippen molar-refractivity contribution in [1.29, 1.82) is 0 Å². The van der Waals surface area contributed by atoms with Crippen LogP contribution in [0, 0.1) is 5.82 Å². The molecule has 0 atom stereocenters. The van der Waals surface area contributed by atoms with Crippen LogP contribution in [0.3, 0.4) is 0 Å². The van der Waals surface area contributed by atoms with Gasteiger partial charge >= 0.3 is 5.97 Å². The van der Waals surface area contributed by atoms with Gasteiger partial charge in [0.15, 0.2) is 0 Å². The van der Waals surface area contributed by atoms with Crippen molar-refractivity contribution >= 4 is 49.6 Å². The summed E-state index contributed by atoms with van der Waals surface area (Å²) in [6, 6.07) is 6.06. The molecule has 3 rings (SSSR count). The Morgan fingerprint density at radius 2 is 2.09 bits per heavy atom. The van der Waals surface area contributed by atoms with Crippen LogP contribution in [0.2, 0.25) is 0 Å². The second-order valence-corrected chi connectivity index (χ2v) is 5.79. The normalized spacial score (nSPS) is 11.1. The van der Waals surface area contributed by atoms with E-state index in [0.717, 1.165) is 0 Å². The number of primary amides is 1. The van der Waals surface area contributed by atoms with Crippen LogP contribution in [0.5, 0.6) is 0 Å². The van der Waals surface area contributed by atoms with E-state index in [2.05, 4.69) is 20.9 Å². The van der Waals surface area contributed by atoms with E-state index < -0.39 is 17.7 Å². The zero-order valence-corrected chi connectivity index (χ0v) is 13.7. The van der Waals surface area contributed by atoms with E-state index in [-0.39, 0.29) is 22.0 Å². The fourth-order valence-corrected chi connectivity index (χ4v) is 2.97. The van der Waals surface area contributed by atoms with Crippen LogP contribution in [0.25, 0.3) is 21.8 Å². The highest BCUT2D eigenvalue weighted by atomic mass is 79.9. The third-order valence-corrected chi connectivity index (χ3v) is 4.12. The zero-order valence-electron chi connectivity index (χ0n) is 12.1. The third-order valence-electron chi connectivity index (χ3n) is 3.54. The van der Waals surface area contributed by atoms with Crippen molar-refractivity contribution in [2.24, 2.45) is 5.73 Å². The topological polar surface area (TPSA) is 85.2 Å². The van der Waals surface area contributed by atoms with Crippen LogP contribution < -0.4 is 5.73 Å². The van der Waals surface area contributed by atoms with E-state index in [0.29, 0.717) is 22.0 Å². The molecule has 23 heavy (non-hydrogen) atoms. The number of nitrogens with one attached hydrogen (secondary N) is 1. The second kappa shape index (κ2) is 5.66. The lowest BCUT2D eigenvalue weighted by Gasteiger charge is -2.03. The lowest BCUT2D eigenvalue weighted by Crippen LogP contribution is -2.12. The minimum Gasteiger partial charge on any atom is -0.462 e. The minimum absolute atomic E-state index is 0.147. The molecule has 0 unspecified atom stereocenters. The third kappa shape index (κ3) is 2.46. The first-order valence-corrected chi connectivity index (χ1v) is 7.63. The number of rotatable bonds is 3. The Bertz CT molecular complexity index is 965. The predicted octanol–water partition coefficient (Wildman–Crippen LogP) is 3.50. The number of H-pyrrole nitrogens is 1. The minimum atomic E-state index is -0.673. The maximum atomic E-state index is 14.5. The molecular formula is C16H12BrFN2O3. The fraction of sp³-hybridized carbons (Fsp3) is 0.125. The van der Waals surface area contributed by atoms with E-state index in [1.165, 1.54) is 6.07 Å². The molecule has 2 aromatic carbocycles. The van der Waals surface area contributed by atoms with Crippen molar-refractivity contribution in [1.82, 2.24) is 4.98 Å². The summed E-state index contributed by atoms with van der Waals surface area (Å²) in [5.74, 6) is -1.64. The fourth-order valence-electron chi connectivity index (χ4n) is 2.54. The number of ether oxygens (including phenoxy) is 1. The Hall–Kier alpha value is -2.41. The van der Waals surface area contributed by atoms with E-state index >= 15 is 0 Å². The number of aromatic nitrogens is 1. The quantitative estimate of drug-likeness (QED) is 0.683. The number of amides is 1. The lowest BCUT2D eigenvalue weighted by atomic mass is 10.1. The van der Waals surface area contributed by atoms with Crippen LogP contribution in [-0.2, 0) is 4.74 Å². The second-order valence-electron chi connectivity index (χ2n) is 4.94. The monoisotopic (exact) mass is 378 g/mol. The van der Waals surface area contributed by atoms with E-state index in [1.807, 2.05) is 0 Å². The largest absolute Gasteiger partial charge is 0.462 e. The van der Waals surface area contributed by atoms with Gasteiger partial charge in [-0.1, -0.05) is 6.07 Å². The Morgan fingerprint density at radius 1 is 1.35 bits per heavy atom. The summed E-state index contributed by atoms with van der Waals surface area (Å²) in [5.41, 5.74) is 6.69. The van der Waals surface area contributed by atoms with E-state index in [4.69, 9.17) is 10.5 Å². The number of nitrogens with two attached hydrogens (primary N) is 1. The summed E-state index contributed by atoms with van der Waals surface area (Å²) in [7, 11) is 0. The van der Waals surface area contributed by atoms with Gasteiger partial charge in [-0.05, 0) is 41.1 Å². The molecule has 3 aromatic rings. The summed E-state index contributed by atoms with van der Waals surface area (Å²) in [6.07, 6.45) is 0. The number of aromatic amines is 1. The summed E-state index contributed by atoms with van der Waals surface area (Å²) >= 11 is 3.09. The summed E-state index contributed by atoms with van der Waals surface area (Å²) in [5, 5.41) is 0.799. The number of halogens is 2. The molecule has 0 fully saturated rings. The highest BCUT2D eigenvalue weighted by molar-refractivity contribution is 9.10. The Labute approximate surface area is 138 Å². The smallest absolute Gasteiger partial charge is 0.338 e. The van der Waals surface area contributed by atoms with Crippen LogP contribution in [0.1, 0.15) is 27.6 Å². The molecule has 7 heteroatoms. The van der Waals surface area contributed by atoms with Gasteiger partial charge < -0.3 is 15.5 Å². The molecule has 5 nitrogen and oxygen atoms in total. The van der Waals surface area contributed by atoms with Gasteiger partial charge in [0, 0.05) is 16.3 Å². The number of carbonyl (C=O) groups is 2. The van der Waals surface area contributed by atoms with Crippen molar-refractivity contribution in [2.75, 3.05) is 6.61 Å². The number of hydrogen-bond acceptors (Lipinski definition) is 3. The first kappa shape index (κ1) is 15.5. The molecular weight excluding hydrogens is 367 g/mol. The summed E-state index contributed by atoms with van der Waals surface area (Å²) in [4.78, 5) is 26.4. The standard InChI is InChI=1S/C16H12BrFN2O3/c1-2-23-16(22)7-3-4-8-11(5-7)20-14-9(15(19)21)6-10(17)13(18)12(8)14/h3-6,20H,2H2,1H3,(H2,19,21). The van der Waals surface area contributed by atoms with Crippen LogP contribution in [0.4, 0.5) is 4.39 Å². The molecule has 0 aliphatic heterocycles. The summed E-state index contributed by atoms with van der Waals surface area (Å²) in [6.45, 7) is 1.97. The van der Waals surface area contributed by atoms with Gasteiger partial charge in [0.1, 0.15) is 5.82 Å². The van der Waals surface area contributed by atoms with Gasteiger partial charge in [-0.2, -0.15) is 0 Å². The van der Waals surface area contributed by atoms with Gasteiger partial charge in [0.2, 0.25) is 0 Å². The van der Waals surface area contributed by atoms with Crippen molar-refractivity contribution in [3.63, 3.8) is 0 Å². The Balaban J connectivity index is 2.34. The lowest BCUT2D eigenvalue weighted by molar-refractivity contribution is 0.0526. The molecule has 0 saturated carbocycles. The average Bonchev–Trinajstić information content (AvgIpc) is 2.89. The van der Waals surface area contributed by atoms with E-state index in [1.54, 1.807) is 25.1 Å².